The van der Waals surface area contributed by atoms with Crippen molar-refractivity contribution in [1.29, 1.82) is 0 Å². The van der Waals surface area contributed by atoms with E-state index in [9.17, 15) is 0 Å². The maximum Gasteiger partial charge on any atom is 0.253 e. The SMILES string of the molecule is Cc1nnc(COc2ccc(CNC(C)(C)C)cc2Cl)o1. The van der Waals surface area contributed by atoms with Gasteiger partial charge in [-0.3, -0.25) is 0 Å². The first-order chi connectivity index (χ1) is 9.83. The third-order valence-electron chi connectivity index (χ3n) is 2.74. The maximum atomic E-state index is 6.23. The van der Waals surface area contributed by atoms with Crippen LogP contribution in [0.4, 0.5) is 0 Å². The van der Waals surface area contributed by atoms with E-state index in [1.807, 2.05) is 18.2 Å². The van der Waals surface area contributed by atoms with E-state index in [1.54, 1.807) is 6.92 Å². The molecule has 1 aromatic heterocycles. The second kappa shape index (κ2) is 6.45. The van der Waals surface area contributed by atoms with Crippen molar-refractivity contribution in [2.45, 2.75) is 46.4 Å². The Bertz CT molecular complexity index is 605. The predicted octanol–water partition coefficient (Wildman–Crippen LogP) is 3.50. The Hall–Kier alpha value is -1.59. The first-order valence-corrected chi connectivity index (χ1v) is 7.16. The monoisotopic (exact) mass is 309 g/mol. The van der Waals surface area contributed by atoms with Crippen LogP contribution in [0.1, 0.15) is 38.1 Å². The summed E-state index contributed by atoms with van der Waals surface area (Å²) in [4.78, 5) is 0. The van der Waals surface area contributed by atoms with Gasteiger partial charge in [0.1, 0.15) is 5.75 Å². The highest BCUT2D eigenvalue weighted by molar-refractivity contribution is 6.32. The zero-order valence-electron chi connectivity index (χ0n) is 12.7. The molecule has 0 aliphatic rings. The Morgan fingerprint density at radius 3 is 2.62 bits per heavy atom. The summed E-state index contributed by atoms with van der Waals surface area (Å²) in [6, 6.07) is 5.74. The van der Waals surface area contributed by atoms with Crippen LogP contribution in [-0.4, -0.2) is 15.7 Å². The van der Waals surface area contributed by atoms with Crippen molar-refractivity contribution in [1.82, 2.24) is 15.5 Å². The summed E-state index contributed by atoms with van der Waals surface area (Å²) in [6.45, 7) is 9.07. The van der Waals surface area contributed by atoms with Gasteiger partial charge in [-0.15, -0.1) is 10.2 Å². The molecule has 0 aliphatic carbocycles. The average Bonchev–Trinajstić information content (AvgIpc) is 2.80. The summed E-state index contributed by atoms with van der Waals surface area (Å²) in [7, 11) is 0. The summed E-state index contributed by atoms with van der Waals surface area (Å²) >= 11 is 6.23. The van der Waals surface area contributed by atoms with Crippen molar-refractivity contribution in [3.05, 3.63) is 40.6 Å². The average molecular weight is 310 g/mol. The summed E-state index contributed by atoms with van der Waals surface area (Å²) in [5, 5.41) is 11.6. The molecule has 5 nitrogen and oxygen atoms in total. The third-order valence-corrected chi connectivity index (χ3v) is 3.03. The molecule has 0 bridgehead atoms. The van der Waals surface area contributed by atoms with Gasteiger partial charge in [-0.25, -0.2) is 0 Å². The fraction of sp³-hybridized carbons (Fsp3) is 0.467. The van der Waals surface area contributed by atoms with Gasteiger partial charge in [0.25, 0.3) is 5.89 Å². The number of nitrogens with one attached hydrogen (secondary N) is 1. The Labute approximate surface area is 129 Å². The number of benzene rings is 1. The quantitative estimate of drug-likeness (QED) is 0.916. The second-order valence-corrected chi connectivity index (χ2v) is 6.28. The lowest BCUT2D eigenvalue weighted by Gasteiger charge is -2.20. The van der Waals surface area contributed by atoms with Crippen molar-refractivity contribution >= 4 is 11.6 Å². The number of hydrogen-bond donors (Lipinski definition) is 1. The lowest BCUT2D eigenvalue weighted by Crippen LogP contribution is -2.35. The van der Waals surface area contributed by atoms with E-state index < -0.39 is 0 Å². The minimum absolute atomic E-state index is 0.0669. The van der Waals surface area contributed by atoms with Gasteiger partial charge in [-0.2, -0.15) is 0 Å². The zero-order valence-corrected chi connectivity index (χ0v) is 13.5. The molecule has 114 valence electrons. The molecule has 0 unspecified atom stereocenters. The standard InChI is InChI=1S/C15H20ClN3O2/c1-10-18-19-14(21-10)9-20-13-6-5-11(7-12(13)16)8-17-15(2,3)4/h5-7,17H,8-9H2,1-4H3. The molecular weight excluding hydrogens is 290 g/mol. The molecule has 21 heavy (non-hydrogen) atoms. The van der Waals surface area contributed by atoms with Crippen molar-refractivity contribution in [2.75, 3.05) is 0 Å². The van der Waals surface area contributed by atoms with Crippen molar-refractivity contribution in [3.63, 3.8) is 0 Å². The molecule has 0 saturated heterocycles. The van der Waals surface area contributed by atoms with Crippen LogP contribution in [0.2, 0.25) is 5.02 Å². The number of nitrogens with zero attached hydrogens (tertiary/aromatic N) is 2. The smallest absolute Gasteiger partial charge is 0.253 e. The zero-order chi connectivity index (χ0) is 15.5. The van der Waals surface area contributed by atoms with Crippen LogP contribution in [0.15, 0.2) is 22.6 Å². The second-order valence-electron chi connectivity index (χ2n) is 5.87. The van der Waals surface area contributed by atoms with Gasteiger partial charge in [-0.1, -0.05) is 17.7 Å². The molecule has 2 rings (SSSR count). The summed E-state index contributed by atoms with van der Waals surface area (Å²) in [6.07, 6.45) is 0. The highest BCUT2D eigenvalue weighted by Gasteiger charge is 2.10. The number of hydrogen-bond acceptors (Lipinski definition) is 5. The fourth-order valence-corrected chi connectivity index (χ4v) is 1.93. The number of halogens is 1. The van der Waals surface area contributed by atoms with Gasteiger partial charge in [0, 0.05) is 19.0 Å². The lowest BCUT2D eigenvalue weighted by atomic mass is 10.1. The van der Waals surface area contributed by atoms with Gasteiger partial charge in [-0.05, 0) is 38.5 Å². The highest BCUT2D eigenvalue weighted by Crippen LogP contribution is 2.26. The Kier molecular flexibility index (Phi) is 4.85. The van der Waals surface area contributed by atoms with E-state index in [0.29, 0.717) is 22.6 Å². The van der Waals surface area contributed by atoms with Crippen molar-refractivity contribution < 1.29 is 9.15 Å². The molecule has 0 atom stereocenters. The van der Waals surface area contributed by atoms with Crippen LogP contribution in [-0.2, 0) is 13.2 Å². The number of rotatable bonds is 5. The van der Waals surface area contributed by atoms with Crippen molar-refractivity contribution in [2.24, 2.45) is 0 Å². The Morgan fingerprint density at radius 1 is 1.29 bits per heavy atom. The largest absolute Gasteiger partial charge is 0.482 e. The Balaban J connectivity index is 1.95. The Morgan fingerprint density at radius 2 is 2.05 bits per heavy atom. The maximum absolute atomic E-state index is 6.23. The molecule has 1 N–H and O–H groups in total. The molecule has 2 aromatic rings. The molecule has 0 radical (unpaired) electrons. The highest BCUT2D eigenvalue weighted by atomic mass is 35.5. The summed E-state index contributed by atoms with van der Waals surface area (Å²) in [5.74, 6) is 1.55. The lowest BCUT2D eigenvalue weighted by molar-refractivity contribution is 0.260. The van der Waals surface area contributed by atoms with E-state index in [0.717, 1.165) is 12.1 Å². The topological polar surface area (TPSA) is 60.2 Å². The van der Waals surface area contributed by atoms with Crippen molar-refractivity contribution in [3.8, 4) is 5.75 Å². The molecule has 1 heterocycles. The van der Waals surface area contributed by atoms with E-state index >= 15 is 0 Å². The van der Waals surface area contributed by atoms with Gasteiger partial charge in [0.15, 0.2) is 6.61 Å². The van der Waals surface area contributed by atoms with Crippen LogP contribution in [0.5, 0.6) is 5.75 Å². The van der Waals surface area contributed by atoms with E-state index in [1.165, 1.54) is 0 Å². The molecule has 1 aromatic carbocycles. The molecule has 0 spiro atoms. The number of aryl methyl sites for hydroxylation is 1. The van der Waals surface area contributed by atoms with Gasteiger partial charge < -0.3 is 14.5 Å². The molecular formula is C15H20ClN3O2. The van der Waals surface area contributed by atoms with Gasteiger partial charge in [0.2, 0.25) is 5.89 Å². The molecule has 0 saturated carbocycles. The van der Waals surface area contributed by atoms with Crippen LogP contribution in [0, 0.1) is 6.92 Å². The van der Waals surface area contributed by atoms with Gasteiger partial charge >= 0.3 is 0 Å². The third kappa shape index (κ3) is 5.02. The van der Waals surface area contributed by atoms with Crippen LogP contribution < -0.4 is 10.1 Å². The minimum Gasteiger partial charge on any atom is -0.482 e. The van der Waals surface area contributed by atoms with Crippen LogP contribution in [0.25, 0.3) is 0 Å². The van der Waals surface area contributed by atoms with E-state index in [4.69, 9.17) is 20.8 Å². The van der Waals surface area contributed by atoms with E-state index in [2.05, 4.69) is 36.3 Å². The van der Waals surface area contributed by atoms with Crippen LogP contribution >= 0.6 is 11.6 Å². The molecule has 6 heteroatoms. The normalized spacial score (nSPS) is 11.7. The first-order valence-electron chi connectivity index (χ1n) is 6.79. The van der Waals surface area contributed by atoms with E-state index in [-0.39, 0.29) is 12.1 Å². The predicted molar refractivity (Wildman–Crippen MR) is 81.4 cm³/mol. The van der Waals surface area contributed by atoms with Gasteiger partial charge in [0.05, 0.1) is 5.02 Å². The minimum atomic E-state index is 0.0669. The molecule has 0 aliphatic heterocycles. The molecule has 0 fully saturated rings. The number of aromatic nitrogens is 2. The fourth-order valence-electron chi connectivity index (χ4n) is 1.67. The first kappa shape index (κ1) is 15.8. The summed E-state index contributed by atoms with van der Waals surface area (Å²) < 4.78 is 10.8. The molecule has 0 amide bonds. The van der Waals surface area contributed by atoms with Crippen LogP contribution in [0.3, 0.4) is 0 Å². The summed E-state index contributed by atoms with van der Waals surface area (Å²) in [5.41, 5.74) is 1.17. The number of ether oxygens (including phenoxy) is 1.